The summed E-state index contributed by atoms with van der Waals surface area (Å²) in [7, 11) is 0. The van der Waals surface area contributed by atoms with Gasteiger partial charge in [-0.15, -0.1) is 0 Å². The van der Waals surface area contributed by atoms with E-state index in [1.165, 1.54) is 11.0 Å². The Morgan fingerprint density at radius 3 is 2.88 bits per heavy atom. The van der Waals surface area contributed by atoms with Crippen LogP contribution in [0.15, 0.2) is 48.8 Å². The van der Waals surface area contributed by atoms with E-state index in [4.69, 9.17) is 4.74 Å². The molecule has 1 saturated heterocycles. The maximum Gasteiger partial charge on any atom is 0.416 e. The molecule has 2 aromatic carbocycles. The van der Waals surface area contributed by atoms with E-state index >= 15 is 0 Å². The number of nitriles is 1. The lowest BCUT2D eigenvalue weighted by Crippen LogP contribution is -2.40. The fourth-order valence-electron chi connectivity index (χ4n) is 5.27. The number of hydrogen-bond acceptors (Lipinski definition) is 4. The highest BCUT2D eigenvalue weighted by Crippen LogP contribution is 2.41. The van der Waals surface area contributed by atoms with E-state index in [0.717, 1.165) is 42.4 Å². The molecule has 1 spiro atoms. The van der Waals surface area contributed by atoms with Gasteiger partial charge in [0.25, 0.3) is 0 Å². The molecule has 9 heteroatoms. The molecule has 1 saturated carbocycles. The number of ether oxygens (including phenoxy) is 1. The molecule has 176 valence electrons. The van der Waals surface area contributed by atoms with Crippen molar-refractivity contribution in [2.24, 2.45) is 5.92 Å². The van der Waals surface area contributed by atoms with Gasteiger partial charge in [0.1, 0.15) is 5.60 Å². The molecular weight excluding hydrogens is 445 g/mol. The van der Waals surface area contributed by atoms with Crippen LogP contribution in [0.25, 0.3) is 11.0 Å². The van der Waals surface area contributed by atoms with Crippen LogP contribution in [0, 0.1) is 17.2 Å². The number of alkyl halides is 3. The molecule has 2 aliphatic rings. The second kappa shape index (κ2) is 8.35. The van der Waals surface area contributed by atoms with Crippen LogP contribution >= 0.6 is 0 Å². The highest BCUT2D eigenvalue weighted by atomic mass is 19.4. The average Bonchev–Trinajstić information content (AvgIpc) is 3.33. The van der Waals surface area contributed by atoms with Crippen LogP contribution < -0.4 is 0 Å². The number of carbonyl (C=O) groups excluding carboxylic acids is 1. The van der Waals surface area contributed by atoms with Crippen LogP contribution in [-0.2, 0) is 24.0 Å². The number of amides is 1. The largest absolute Gasteiger partial charge is 0.441 e. The van der Waals surface area contributed by atoms with Crippen molar-refractivity contribution in [2.45, 2.75) is 50.6 Å². The van der Waals surface area contributed by atoms with Gasteiger partial charge in [0.05, 0.1) is 41.1 Å². The smallest absolute Gasteiger partial charge is 0.416 e. The van der Waals surface area contributed by atoms with Crippen LogP contribution in [-0.4, -0.2) is 32.7 Å². The Kier molecular flexibility index (Phi) is 5.47. The number of nitrogens with zero attached hydrogens (tertiary/aromatic N) is 4. The van der Waals surface area contributed by atoms with Crippen molar-refractivity contribution < 1.29 is 22.7 Å². The van der Waals surface area contributed by atoms with Crippen LogP contribution in [0.4, 0.5) is 18.0 Å². The molecule has 2 atom stereocenters. The lowest BCUT2D eigenvalue weighted by molar-refractivity contribution is -0.137. The summed E-state index contributed by atoms with van der Waals surface area (Å²) in [6.07, 6.45) is 0.145. The summed E-state index contributed by atoms with van der Waals surface area (Å²) in [6, 6.07) is 12.6. The molecule has 5 rings (SSSR count). The van der Waals surface area contributed by atoms with Crippen molar-refractivity contribution in [1.29, 1.82) is 5.26 Å². The molecule has 0 bridgehead atoms. The highest BCUT2D eigenvalue weighted by molar-refractivity contribution is 5.77. The summed E-state index contributed by atoms with van der Waals surface area (Å²) < 4.78 is 47.0. The van der Waals surface area contributed by atoms with Crippen molar-refractivity contribution in [3.05, 3.63) is 65.5 Å². The lowest BCUT2D eigenvalue weighted by atomic mass is 9.78. The Morgan fingerprint density at radius 2 is 2.09 bits per heavy atom. The van der Waals surface area contributed by atoms with E-state index in [0.29, 0.717) is 30.6 Å². The Morgan fingerprint density at radius 1 is 1.24 bits per heavy atom. The molecule has 3 aromatic rings. The van der Waals surface area contributed by atoms with Gasteiger partial charge in [-0.25, -0.2) is 9.78 Å². The van der Waals surface area contributed by atoms with Gasteiger partial charge in [-0.3, -0.25) is 4.90 Å². The van der Waals surface area contributed by atoms with Crippen LogP contribution in [0.5, 0.6) is 0 Å². The van der Waals surface area contributed by atoms with Crippen LogP contribution in [0.3, 0.4) is 0 Å². The lowest BCUT2D eigenvalue weighted by Gasteiger charge is -2.36. The third-order valence-electron chi connectivity index (χ3n) is 6.78. The predicted molar refractivity (Wildman–Crippen MR) is 117 cm³/mol. The molecule has 1 aromatic heterocycles. The minimum atomic E-state index is -4.43. The Hall–Kier alpha value is -3.54. The number of imidazole rings is 1. The van der Waals surface area contributed by atoms with Crippen molar-refractivity contribution in [1.82, 2.24) is 14.5 Å². The fraction of sp³-hybridized carbons (Fsp3) is 0.400. The number of benzene rings is 2. The summed E-state index contributed by atoms with van der Waals surface area (Å²) in [5, 5.41) is 9.21. The average molecular weight is 468 g/mol. The van der Waals surface area contributed by atoms with E-state index in [9.17, 15) is 23.2 Å². The zero-order valence-electron chi connectivity index (χ0n) is 18.4. The number of carbonyl (C=O) groups is 1. The van der Waals surface area contributed by atoms with Gasteiger partial charge in [-0.05, 0) is 67.5 Å². The maximum atomic E-state index is 13.1. The first kappa shape index (κ1) is 22.3. The minimum absolute atomic E-state index is 0.0816. The highest BCUT2D eigenvalue weighted by Gasteiger charge is 2.48. The minimum Gasteiger partial charge on any atom is -0.441 e. The summed E-state index contributed by atoms with van der Waals surface area (Å²) in [5.74, 6) is 0.248. The summed E-state index contributed by atoms with van der Waals surface area (Å²) in [6.45, 7) is 1.14. The van der Waals surface area contributed by atoms with Crippen molar-refractivity contribution in [3.63, 3.8) is 0 Å². The molecule has 2 heterocycles. The molecule has 1 aliphatic heterocycles. The molecule has 0 radical (unpaired) electrons. The van der Waals surface area contributed by atoms with Crippen molar-refractivity contribution in [2.75, 3.05) is 6.54 Å². The fourth-order valence-corrected chi connectivity index (χ4v) is 5.27. The molecule has 1 amide bonds. The normalized spacial score (nSPS) is 22.8. The third kappa shape index (κ3) is 4.32. The molecule has 6 nitrogen and oxygen atoms in total. The zero-order valence-corrected chi connectivity index (χ0v) is 18.4. The van der Waals surface area contributed by atoms with Gasteiger partial charge < -0.3 is 9.30 Å². The maximum absolute atomic E-state index is 13.1. The number of rotatable bonds is 4. The van der Waals surface area contributed by atoms with Gasteiger partial charge in [-0.1, -0.05) is 12.1 Å². The number of fused-ring (bicyclic) bond motifs is 1. The second-order valence-electron chi connectivity index (χ2n) is 9.28. The first-order valence-electron chi connectivity index (χ1n) is 11.2. The molecule has 0 unspecified atom stereocenters. The van der Waals surface area contributed by atoms with Crippen LogP contribution in [0.1, 0.15) is 42.4 Å². The molecule has 1 aliphatic carbocycles. The van der Waals surface area contributed by atoms with Crippen molar-refractivity contribution in [3.8, 4) is 6.07 Å². The van der Waals surface area contributed by atoms with E-state index in [2.05, 4.69) is 11.1 Å². The molecule has 2 fully saturated rings. The molecule has 34 heavy (non-hydrogen) atoms. The summed E-state index contributed by atoms with van der Waals surface area (Å²) in [5.41, 5.74) is 1.36. The Bertz CT molecular complexity index is 1280. The molecular formula is C25H23F3N4O2. The standard InChI is InChI=1S/C25H23F3N4O2/c26-25(27,28)20-5-1-3-18(9-20)13-31-15-24(34-23(31)33)8-2-4-19(11-24)14-32-16-30-21-7-6-17(12-29)10-22(21)32/h1,3,5-7,9-10,16,19H,2,4,8,11,13-15H2/t19-,24-/m0/s1. The number of hydrogen-bond donors (Lipinski definition) is 0. The molecule has 0 N–H and O–H groups in total. The summed E-state index contributed by atoms with van der Waals surface area (Å²) in [4.78, 5) is 18.6. The Labute approximate surface area is 194 Å². The van der Waals surface area contributed by atoms with Crippen molar-refractivity contribution >= 4 is 17.1 Å². The van der Waals surface area contributed by atoms with E-state index < -0.39 is 23.4 Å². The topological polar surface area (TPSA) is 71.2 Å². The zero-order chi connectivity index (χ0) is 23.9. The second-order valence-corrected chi connectivity index (χ2v) is 9.28. The summed E-state index contributed by atoms with van der Waals surface area (Å²) >= 11 is 0. The van der Waals surface area contributed by atoms with E-state index in [1.54, 1.807) is 18.5 Å². The van der Waals surface area contributed by atoms with E-state index in [-0.39, 0.29) is 12.5 Å². The third-order valence-corrected chi connectivity index (χ3v) is 6.78. The predicted octanol–water partition coefficient (Wildman–Crippen LogP) is 5.51. The first-order chi connectivity index (χ1) is 16.2. The van der Waals surface area contributed by atoms with Gasteiger partial charge in [0.15, 0.2) is 0 Å². The number of aromatic nitrogens is 2. The number of halogens is 3. The first-order valence-corrected chi connectivity index (χ1v) is 11.2. The van der Waals surface area contributed by atoms with Crippen LogP contribution in [0.2, 0.25) is 0 Å². The Balaban J connectivity index is 1.29. The van der Waals surface area contributed by atoms with E-state index in [1.807, 2.05) is 16.7 Å². The van der Waals surface area contributed by atoms with Gasteiger partial charge >= 0.3 is 12.3 Å². The van der Waals surface area contributed by atoms with Gasteiger partial charge in [0.2, 0.25) is 0 Å². The quantitative estimate of drug-likeness (QED) is 0.506. The van der Waals surface area contributed by atoms with Gasteiger partial charge in [0, 0.05) is 13.1 Å². The SMILES string of the molecule is N#Cc1ccc2ncn(C[C@H]3CCC[C@]4(C3)CN(Cc3cccc(C(F)(F)F)c3)C(=O)O4)c2c1. The monoisotopic (exact) mass is 468 g/mol. The van der Waals surface area contributed by atoms with Gasteiger partial charge in [-0.2, -0.15) is 18.4 Å².